The van der Waals surface area contributed by atoms with Crippen molar-refractivity contribution in [3.05, 3.63) is 40.0 Å². The van der Waals surface area contributed by atoms with Crippen LogP contribution in [0.3, 0.4) is 0 Å². The molecule has 1 aromatic carbocycles. The second-order valence-electron chi connectivity index (χ2n) is 3.33. The number of alkyl halides is 6. The summed E-state index contributed by atoms with van der Waals surface area (Å²) in [6.07, 6.45) is -11.2. The SMILES string of the molecule is F/C(OC(F)(F)F)=C(\Oc1ccc(Cl)c(Cl)c1)C(F)(F)F. The van der Waals surface area contributed by atoms with E-state index in [1.165, 1.54) is 0 Å². The topological polar surface area (TPSA) is 18.5 Å². The highest BCUT2D eigenvalue weighted by Crippen LogP contribution is 2.35. The van der Waals surface area contributed by atoms with Gasteiger partial charge in [0.05, 0.1) is 10.0 Å². The average Bonchev–Trinajstić information content (AvgIpc) is 2.26. The van der Waals surface area contributed by atoms with Gasteiger partial charge in [0.2, 0.25) is 0 Å². The summed E-state index contributed by atoms with van der Waals surface area (Å²) in [6.45, 7) is 0. The van der Waals surface area contributed by atoms with Crippen molar-refractivity contribution in [2.75, 3.05) is 0 Å². The third-order valence-corrected chi connectivity index (χ3v) is 2.49. The second kappa shape index (κ2) is 6.18. The molecule has 0 aliphatic carbocycles. The molecule has 0 aliphatic heterocycles. The van der Waals surface area contributed by atoms with Crippen molar-refractivity contribution in [3.8, 4) is 5.75 Å². The van der Waals surface area contributed by atoms with E-state index in [0.717, 1.165) is 18.2 Å². The van der Waals surface area contributed by atoms with Gasteiger partial charge in [-0.15, -0.1) is 13.2 Å². The minimum Gasteiger partial charge on any atom is -0.447 e. The molecule has 0 aliphatic rings. The molecule has 0 saturated carbocycles. The molecular weight excluding hydrogens is 356 g/mol. The molecule has 2 nitrogen and oxygen atoms in total. The minimum absolute atomic E-state index is 0.0476. The van der Waals surface area contributed by atoms with Crippen molar-refractivity contribution in [1.29, 1.82) is 0 Å². The van der Waals surface area contributed by atoms with Gasteiger partial charge in [0.25, 0.3) is 5.76 Å². The third-order valence-electron chi connectivity index (χ3n) is 1.75. The number of allylic oxidation sites excluding steroid dienone is 1. The Hall–Kier alpha value is -1.35. The molecule has 0 amide bonds. The lowest BCUT2D eigenvalue weighted by Gasteiger charge is -2.15. The van der Waals surface area contributed by atoms with Crippen LogP contribution < -0.4 is 4.74 Å². The number of rotatable bonds is 3. The highest BCUT2D eigenvalue weighted by atomic mass is 35.5. The maximum Gasteiger partial charge on any atom is 0.574 e. The Bertz CT molecular complexity index is 551. The van der Waals surface area contributed by atoms with Crippen LogP contribution in [0.4, 0.5) is 30.7 Å². The van der Waals surface area contributed by atoms with Crippen LogP contribution in [0.15, 0.2) is 30.0 Å². The molecule has 0 fully saturated rings. The lowest BCUT2D eigenvalue weighted by atomic mass is 10.3. The van der Waals surface area contributed by atoms with E-state index in [4.69, 9.17) is 23.2 Å². The van der Waals surface area contributed by atoms with Crippen LogP contribution in [0.25, 0.3) is 0 Å². The van der Waals surface area contributed by atoms with Gasteiger partial charge in [-0.25, -0.2) is 0 Å². The van der Waals surface area contributed by atoms with Crippen molar-refractivity contribution < 1.29 is 40.2 Å². The van der Waals surface area contributed by atoms with Crippen LogP contribution in [0.2, 0.25) is 10.0 Å². The third kappa shape index (κ3) is 5.50. The number of benzene rings is 1. The Kier molecular flexibility index (Phi) is 5.21. The average molecular weight is 359 g/mol. The summed E-state index contributed by atoms with van der Waals surface area (Å²) in [5, 5.41) is -0.290. The van der Waals surface area contributed by atoms with Crippen LogP contribution in [-0.2, 0) is 4.74 Å². The summed E-state index contributed by atoms with van der Waals surface area (Å²) in [5.41, 5.74) is 0. The standard InChI is InChI=1S/C10H3Cl2F7O2/c11-5-2-1-4(3-6(5)12)20-7(9(14,15)16)8(13)21-10(17,18)19/h1-3H/b8-7+. The summed E-state index contributed by atoms with van der Waals surface area (Å²) < 4.78 is 92.3. The molecule has 0 saturated heterocycles. The molecule has 1 aromatic rings. The van der Waals surface area contributed by atoms with Gasteiger partial charge < -0.3 is 9.47 Å². The fraction of sp³-hybridized carbons (Fsp3) is 0.200. The zero-order chi connectivity index (χ0) is 16.4. The summed E-state index contributed by atoms with van der Waals surface area (Å²) in [4.78, 5) is 0. The zero-order valence-corrected chi connectivity index (χ0v) is 11.0. The summed E-state index contributed by atoms with van der Waals surface area (Å²) in [5.74, 6) is -3.30. The van der Waals surface area contributed by atoms with Crippen LogP contribution in [-0.4, -0.2) is 12.5 Å². The Balaban J connectivity index is 3.15. The van der Waals surface area contributed by atoms with Gasteiger partial charge in [-0.3, -0.25) is 0 Å². The molecule has 0 heterocycles. The van der Waals surface area contributed by atoms with Crippen LogP contribution in [0.1, 0.15) is 0 Å². The quantitative estimate of drug-likeness (QED) is 0.516. The predicted octanol–water partition coefficient (Wildman–Crippen LogP) is 5.61. The Morgan fingerprint density at radius 2 is 1.52 bits per heavy atom. The zero-order valence-electron chi connectivity index (χ0n) is 9.45. The lowest BCUT2D eigenvalue weighted by molar-refractivity contribution is -0.316. The molecule has 0 spiro atoms. The van der Waals surface area contributed by atoms with E-state index in [2.05, 4.69) is 9.47 Å². The van der Waals surface area contributed by atoms with Gasteiger partial charge in [-0.1, -0.05) is 23.2 Å². The van der Waals surface area contributed by atoms with Gasteiger partial charge in [-0.2, -0.15) is 17.6 Å². The van der Waals surface area contributed by atoms with Gasteiger partial charge in [0.1, 0.15) is 5.75 Å². The smallest absolute Gasteiger partial charge is 0.447 e. The maximum absolute atomic E-state index is 13.0. The van der Waals surface area contributed by atoms with Crippen LogP contribution >= 0.6 is 23.2 Å². The first-order valence-corrected chi connectivity index (χ1v) is 5.51. The lowest BCUT2D eigenvalue weighted by Crippen LogP contribution is -2.22. The molecule has 0 unspecified atom stereocenters. The number of hydrogen-bond acceptors (Lipinski definition) is 2. The van der Waals surface area contributed by atoms with Crippen molar-refractivity contribution in [2.45, 2.75) is 12.5 Å². The van der Waals surface area contributed by atoms with Crippen molar-refractivity contribution in [3.63, 3.8) is 0 Å². The molecule has 11 heteroatoms. The summed E-state index contributed by atoms with van der Waals surface area (Å²) in [7, 11) is 0. The first-order valence-electron chi connectivity index (χ1n) is 4.76. The van der Waals surface area contributed by atoms with Gasteiger partial charge in [0, 0.05) is 6.07 Å². The molecule has 0 aromatic heterocycles. The van der Waals surface area contributed by atoms with Crippen molar-refractivity contribution in [2.24, 2.45) is 0 Å². The van der Waals surface area contributed by atoms with E-state index < -0.39 is 30.1 Å². The number of ether oxygens (including phenoxy) is 2. The molecule has 0 N–H and O–H groups in total. The second-order valence-corrected chi connectivity index (χ2v) is 4.14. The Morgan fingerprint density at radius 1 is 0.952 bits per heavy atom. The van der Waals surface area contributed by atoms with Gasteiger partial charge in [-0.05, 0) is 12.1 Å². The monoisotopic (exact) mass is 358 g/mol. The summed E-state index contributed by atoms with van der Waals surface area (Å²) >= 11 is 11.0. The van der Waals surface area contributed by atoms with Crippen molar-refractivity contribution in [1.82, 2.24) is 0 Å². The van der Waals surface area contributed by atoms with Crippen LogP contribution in [0, 0.1) is 0 Å². The fourth-order valence-corrected chi connectivity index (χ4v) is 1.30. The highest BCUT2D eigenvalue weighted by Gasteiger charge is 2.44. The van der Waals surface area contributed by atoms with E-state index in [9.17, 15) is 30.7 Å². The highest BCUT2D eigenvalue weighted by molar-refractivity contribution is 6.42. The molecular formula is C10H3Cl2F7O2. The number of halogens is 9. The molecule has 0 radical (unpaired) electrons. The normalized spacial score (nSPS) is 13.8. The first-order chi connectivity index (χ1) is 9.40. The van der Waals surface area contributed by atoms with Gasteiger partial charge in [0.15, 0.2) is 0 Å². The van der Waals surface area contributed by atoms with E-state index in [-0.39, 0.29) is 10.0 Å². The Labute approximate surface area is 122 Å². The van der Waals surface area contributed by atoms with Crippen molar-refractivity contribution >= 4 is 23.2 Å². The maximum atomic E-state index is 13.0. The minimum atomic E-state index is -5.65. The van der Waals surface area contributed by atoms with E-state index in [1.54, 1.807) is 0 Å². The number of hydrogen-bond donors (Lipinski definition) is 0. The molecule has 21 heavy (non-hydrogen) atoms. The molecule has 0 bridgehead atoms. The largest absolute Gasteiger partial charge is 0.574 e. The van der Waals surface area contributed by atoms with E-state index in [1.807, 2.05) is 0 Å². The first kappa shape index (κ1) is 17.7. The van der Waals surface area contributed by atoms with Crippen LogP contribution in [0.5, 0.6) is 5.75 Å². The Morgan fingerprint density at radius 3 is 1.95 bits per heavy atom. The van der Waals surface area contributed by atoms with Gasteiger partial charge >= 0.3 is 18.6 Å². The predicted molar refractivity (Wildman–Crippen MR) is 58.4 cm³/mol. The molecule has 0 atom stereocenters. The van der Waals surface area contributed by atoms with E-state index >= 15 is 0 Å². The molecule has 118 valence electrons. The van der Waals surface area contributed by atoms with E-state index in [0.29, 0.717) is 0 Å². The summed E-state index contributed by atoms with van der Waals surface area (Å²) in [6, 6.07) is -0.367. The fourth-order valence-electron chi connectivity index (χ4n) is 1.02. The molecule has 1 rings (SSSR count).